The first-order valence-corrected chi connectivity index (χ1v) is 7.17. The lowest BCUT2D eigenvalue weighted by atomic mass is 10.0. The normalized spacial score (nSPS) is 11.8. The van der Waals surface area contributed by atoms with E-state index in [1.165, 1.54) is 16.7 Å². The molecule has 0 aliphatic rings. The second-order valence-corrected chi connectivity index (χ2v) is 5.45. The van der Waals surface area contributed by atoms with E-state index in [2.05, 4.69) is 49.6 Å². The summed E-state index contributed by atoms with van der Waals surface area (Å²) in [5.74, 6) is 0. The Balaban J connectivity index is 2.00. The maximum atomic E-state index is 5.36. The zero-order chi connectivity index (χ0) is 14.5. The molecular weight excluding hydrogens is 264 g/mol. The molecule has 2 aromatic rings. The van der Waals surface area contributed by atoms with Crippen LogP contribution in [0.1, 0.15) is 29.7 Å². The lowest BCUT2D eigenvalue weighted by Crippen LogP contribution is -2.31. The number of thiocarbonyl (C=S) groups is 1. The number of para-hydroxylation sites is 1. The molecule has 0 bridgehead atoms. The Morgan fingerprint density at radius 1 is 1.05 bits per heavy atom. The third-order valence-electron chi connectivity index (χ3n) is 3.27. The van der Waals surface area contributed by atoms with E-state index in [-0.39, 0.29) is 6.04 Å². The summed E-state index contributed by atoms with van der Waals surface area (Å²) in [6.07, 6.45) is 0. The topological polar surface area (TPSA) is 24.1 Å². The highest BCUT2D eigenvalue weighted by molar-refractivity contribution is 7.80. The molecule has 3 heteroatoms. The second kappa shape index (κ2) is 6.53. The molecule has 1 unspecified atom stereocenters. The molecule has 0 saturated heterocycles. The van der Waals surface area contributed by atoms with Crippen LogP contribution in [0.2, 0.25) is 0 Å². The van der Waals surface area contributed by atoms with Crippen LogP contribution in [0, 0.1) is 13.8 Å². The SMILES string of the molecule is Cc1ccc(C(C)NC(=S)Nc2ccccc2)c(C)c1. The molecule has 0 amide bonds. The van der Waals surface area contributed by atoms with Gasteiger partial charge >= 0.3 is 0 Å². The van der Waals surface area contributed by atoms with E-state index in [4.69, 9.17) is 12.2 Å². The van der Waals surface area contributed by atoms with Crippen molar-refractivity contribution in [3.63, 3.8) is 0 Å². The van der Waals surface area contributed by atoms with E-state index in [1.54, 1.807) is 0 Å². The zero-order valence-corrected chi connectivity index (χ0v) is 12.9. The summed E-state index contributed by atoms with van der Waals surface area (Å²) in [4.78, 5) is 0. The number of rotatable bonds is 3. The molecule has 104 valence electrons. The van der Waals surface area contributed by atoms with Gasteiger partial charge in [0.15, 0.2) is 5.11 Å². The minimum atomic E-state index is 0.180. The molecule has 0 fully saturated rings. The van der Waals surface area contributed by atoms with Crippen molar-refractivity contribution < 1.29 is 0 Å². The van der Waals surface area contributed by atoms with E-state index in [0.29, 0.717) is 5.11 Å². The van der Waals surface area contributed by atoms with E-state index >= 15 is 0 Å². The van der Waals surface area contributed by atoms with Crippen molar-refractivity contribution in [2.24, 2.45) is 0 Å². The third-order valence-corrected chi connectivity index (χ3v) is 3.49. The molecule has 2 nitrogen and oxygen atoms in total. The van der Waals surface area contributed by atoms with Crippen molar-refractivity contribution in [2.75, 3.05) is 5.32 Å². The van der Waals surface area contributed by atoms with Crippen molar-refractivity contribution in [1.82, 2.24) is 5.32 Å². The van der Waals surface area contributed by atoms with E-state index in [9.17, 15) is 0 Å². The first-order valence-electron chi connectivity index (χ1n) is 6.76. The van der Waals surface area contributed by atoms with Gasteiger partial charge in [-0.2, -0.15) is 0 Å². The smallest absolute Gasteiger partial charge is 0.171 e. The molecule has 0 aromatic heterocycles. The monoisotopic (exact) mass is 284 g/mol. The summed E-state index contributed by atoms with van der Waals surface area (Å²) in [7, 11) is 0. The fourth-order valence-corrected chi connectivity index (χ4v) is 2.57. The van der Waals surface area contributed by atoms with Gasteiger partial charge < -0.3 is 10.6 Å². The summed E-state index contributed by atoms with van der Waals surface area (Å²) in [6.45, 7) is 6.36. The molecule has 1 atom stereocenters. The second-order valence-electron chi connectivity index (χ2n) is 5.05. The van der Waals surface area contributed by atoms with Gasteiger partial charge in [0.1, 0.15) is 0 Å². The third kappa shape index (κ3) is 3.81. The first kappa shape index (κ1) is 14.5. The van der Waals surface area contributed by atoms with Crippen molar-refractivity contribution in [1.29, 1.82) is 0 Å². The summed E-state index contributed by atoms with van der Waals surface area (Å²) < 4.78 is 0. The van der Waals surface area contributed by atoms with Crippen LogP contribution in [0.3, 0.4) is 0 Å². The summed E-state index contributed by atoms with van der Waals surface area (Å²) in [6, 6.07) is 16.6. The van der Waals surface area contributed by atoms with Crippen molar-refractivity contribution >= 4 is 23.0 Å². The van der Waals surface area contributed by atoms with Crippen LogP contribution >= 0.6 is 12.2 Å². The molecule has 2 rings (SSSR count). The van der Waals surface area contributed by atoms with Gasteiger partial charge in [0.25, 0.3) is 0 Å². The zero-order valence-electron chi connectivity index (χ0n) is 12.1. The average molecular weight is 284 g/mol. The highest BCUT2D eigenvalue weighted by atomic mass is 32.1. The fourth-order valence-electron chi connectivity index (χ4n) is 2.27. The van der Waals surface area contributed by atoms with Crippen LogP contribution in [-0.4, -0.2) is 5.11 Å². The summed E-state index contributed by atoms with van der Waals surface area (Å²) in [5, 5.41) is 7.16. The molecule has 20 heavy (non-hydrogen) atoms. The number of anilines is 1. The molecule has 0 aliphatic heterocycles. The lowest BCUT2D eigenvalue weighted by Gasteiger charge is -2.19. The first-order chi connectivity index (χ1) is 9.56. The Bertz CT molecular complexity index is 593. The average Bonchev–Trinajstić information content (AvgIpc) is 2.39. The van der Waals surface area contributed by atoms with E-state index in [0.717, 1.165) is 5.69 Å². The number of hydrogen-bond acceptors (Lipinski definition) is 1. The molecule has 0 aliphatic carbocycles. The minimum absolute atomic E-state index is 0.180. The van der Waals surface area contributed by atoms with Gasteiger partial charge in [-0.25, -0.2) is 0 Å². The number of nitrogens with one attached hydrogen (secondary N) is 2. The van der Waals surface area contributed by atoms with Crippen molar-refractivity contribution in [3.8, 4) is 0 Å². The van der Waals surface area contributed by atoms with Gasteiger partial charge in [-0.3, -0.25) is 0 Å². The van der Waals surface area contributed by atoms with Crippen LogP contribution in [0.25, 0.3) is 0 Å². The standard InChI is InChI=1S/C17H20N2S/c1-12-9-10-16(13(2)11-12)14(3)18-17(20)19-15-7-5-4-6-8-15/h4-11,14H,1-3H3,(H2,18,19,20). The Morgan fingerprint density at radius 2 is 1.75 bits per heavy atom. The van der Waals surface area contributed by atoms with Crippen molar-refractivity contribution in [3.05, 3.63) is 65.2 Å². The fraction of sp³-hybridized carbons (Fsp3) is 0.235. The quantitative estimate of drug-likeness (QED) is 0.819. The van der Waals surface area contributed by atoms with Crippen LogP contribution in [-0.2, 0) is 0 Å². The van der Waals surface area contributed by atoms with Gasteiger partial charge in [-0.05, 0) is 56.2 Å². The lowest BCUT2D eigenvalue weighted by molar-refractivity contribution is 0.717. The molecule has 2 N–H and O–H groups in total. The maximum Gasteiger partial charge on any atom is 0.171 e. The van der Waals surface area contributed by atoms with Crippen molar-refractivity contribution in [2.45, 2.75) is 26.8 Å². The predicted octanol–water partition coefficient (Wildman–Crippen LogP) is 4.35. The van der Waals surface area contributed by atoms with Gasteiger partial charge in [0.05, 0.1) is 6.04 Å². The molecule has 0 radical (unpaired) electrons. The van der Waals surface area contributed by atoms with Gasteiger partial charge in [0, 0.05) is 5.69 Å². The Hall–Kier alpha value is -1.87. The number of hydrogen-bond donors (Lipinski definition) is 2. The van der Waals surface area contributed by atoms with Gasteiger partial charge in [-0.1, -0.05) is 42.0 Å². The number of benzene rings is 2. The Labute approximate surface area is 126 Å². The number of aryl methyl sites for hydroxylation is 2. The summed E-state index contributed by atoms with van der Waals surface area (Å²) >= 11 is 5.36. The van der Waals surface area contributed by atoms with E-state index in [1.807, 2.05) is 30.3 Å². The largest absolute Gasteiger partial charge is 0.356 e. The summed E-state index contributed by atoms with van der Waals surface area (Å²) in [5.41, 5.74) is 4.83. The van der Waals surface area contributed by atoms with Gasteiger partial charge in [-0.15, -0.1) is 0 Å². The van der Waals surface area contributed by atoms with Crippen LogP contribution in [0.15, 0.2) is 48.5 Å². The van der Waals surface area contributed by atoms with E-state index < -0.39 is 0 Å². The van der Waals surface area contributed by atoms with Crippen LogP contribution in [0.5, 0.6) is 0 Å². The van der Waals surface area contributed by atoms with Crippen LogP contribution < -0.4 is 10.6 Å². The molecule has 0 spiro atoms. The maximum absolute atomic E-state index is 5.36. The minimum Gasteiger partial charge on any atom is -0.356 e. The Kier molecular flexibility index (Phi) is 4.74. The molecule has 0 heterocycles. The molecule has 2 aromatic carbocycles. The van der Waals surface area contributed by atoms with Crippen LogP contribution in [0.4, 0.5) is 5.69 Å². The van der Waals surface area contributed by atoms with Gasteiger partial charge in [0.2, 0.25) is 0 Å². The molecule has 0 saturated carbocycles. The highest BCUT2D eigenvalue weighted by Gasteiger charge is 2.09. The predicted molar refractivity (Wildman–Crippen MR) is 90.1 cm³/mol. The Morgan fingerprint density at radius 3 is 2.40 bits per heavy atom. The molecular formula is C17H20N2S. The highest BCUT2D eigenvalue weighted by Crippen LogP contribution is 2.18.